The Morgan fingerprint density at radius 3 is 2.14 bits per heavy atom. The average Bonchev–Trinajstić information content (AvgIpc) is 3.66. The van der Waals surface area contributed by atoms with Crippen LogP contribution < -0.4 is 10.2 Å². The molecule has 0 radical (unpaired) electrons. The second-order valence-electron chi connectivity index (χ2n) is 11.4. The molecule has 44 heavy (non-hydrogen) atoms. The van der Waals surface area contributed by atoms with Crippen LogP contribution in [0.3, 0.4) is 0 Å². The molecule has 1 aromatic heterocycles. The molecular formula is C41H28N2O. The van der Waals surface area contributed by atoms with Gasteiger partial charge in [0.1, 0.15) is 17.3 Å². The molecule has 1 aliphatic heterocycles. The SMILES string of the molecule is c1ccc(C2Nc3ccccc3N2c2ccc(-c3cccc(-c4c5ccccc5cc5c4oc4ccccc45)c3)cc2)cc1. The van der Waals surface area contributed by atoms with Crippen molar-refractivity contribution in [3.8, 4) is 22.3 Å². The highest BCUT2D eigenvalue weighted by Gasteiger charge is 2.30. The van der Waals surface area contributed by atoms with E-state index in [1.807, 2.05) is 6.07 Å². The van der Waals surface area contributed by atoms with Crippen molar-refractivity contribution in [1.29, 1.82) is 0 Å². The summed E-state index contributed by atoms with van der Waals surface area (Å²) in [5.41, 5.74) is 11.2. The average molecular weight is 565 g/mol. The highest BCUT2D eigenvalue weighted by Crippen LogP contribution is 2.46. The maximum absolute atomic E-state index is 6.53. The van der Waals surface area contributed by atoms with Crippen LogP contribution >= 0.6 is 0 Å². The summed E-state index contributed by atoms with van der Waals surface area (Å²) < 4.78 is 6.53. The minimum Gasteiger partial charge on any atom is -0.455 e. The molecule has 0 spiro atoms. The Morgan fingerprint density at radius 2 is 1.25 bits per heavy atom. The van der Waals surface area contributed by atoms with E-state index in [2.05, 4.69) is 162 Å². The van der Waals surface area contributed by atoms with E-state index in [1.54, 1.807) is 0 Å². The van der Waals surface area contributed by atoms with Crippen molar-refractivity contribution < 1.29 is 4.42 Å². The van der Waals surface area contributed by atoms with Gasteiger partial charge in [-0.3, -0.25) is 0 Å². The van der Waals surface area contributed by atoms with Crippen LogP contribution in [0.4, 0.5) is 17.1 Å². The van der Waals surface area contributed by atoms with Gasteiger partial charge < -0.3 is 14.6 Å². The first kappa shape index (κ1) is 24.8. The Hall–Kier alpha value is -5.80. The Balaban J connectivity index is 1.14. The first-order valence-corrected chi connectivity index (χ1v) is 15.1. The molecule has 3 nitrogen and oxygen atoms in total. The van der Waals surface area contributed by atoms with Crippen LogP contribution in [0.5, 0.6) is 0 Å². The molecule has 1 aliphatic rings. The Labute approximate surface area is 255 Å². The molecule has 1 unspecified atom stereocenters. The number of benzene rings is 7. The normalized spacial score (nSPS) is 14.3. The maximum Gasteiger partial charge on any atom is 0.143 e. The third kappa shape index (κ3) is 3.90. The van der Waals surface area contributed by atoms with Gasteiger partial charge >= 0.3 is 0 Å². The minimum absolute atomic E-state index is 0.0281. The van der Waals surface area contributed by atoms with Gasteiger partial charge in [0.25, 0.3) is 0 Å². The van der Waals surface area contributed by atoms with Crippen molar-refractivity contribution >= 4 is 49.8 Å². The molecule has 0 amide bonds. The molecule has 9 rings (SSSR count). The quantitative estimate of drug-likeness (QED) is 0.230. The molecule has 0 fully saturated rings. The van der Waals surface area contributed by atoms with E-state index in [0.29, 0.717) is 0 Å². The first-order valence-electron chi connectivity index (χ1n) is 15.1. The van der Waals surface area contributed by atoms with Crippen LogP contribution in [0.1, 0.15) is 11.7 Å². The summed E-state index contributed by atoms with van der Waals surface area (Å²) in [6.07, 6.45) is 0.0281. The summed E-state index contributed by atoms with van der Waals surface area (Å²) in [6, 6.07) is 56.1. The van der Waals surface area contributed by atoms with Gasteiger partial charge in [0.2, 0.25) is 0 Å². The molecule has 3 heteroatoms. The standard InChI is InChI=1S/C41H28N2O/c1-2-11-28(12-3-1)41-42-36-18-7-8-19-37(36)43(41)32-23-21-27(22-24-32)29-14-10-15-31(25-29)39-33-16-5-4-13-30(33)26-35-34-17-6-9-20-38(34)44-40(35)39/h1-26,41-42H. The van der Waals surface area contributed by atoms with Crippen LogP contribution in [0, 0.1) is 0 Å². The van der Waals surface area contributed by atoms with Crippen molar-refractivity contribution in [1.82, 2.24) is 0 Å². The lowest BCUT2D eigenvalue weighted by Gasteiger charge is -2.27. The smallest absolute Gasteiger partial charge is 0.143 e. The van der Waals surface area contributed by atoms with Crippen LogP contribution in [0.25, 0.3) is 55.0 Å². The third-order valence-corrected chi connectivity index (χ3v) is 8.85. The Morgan fingerprint density at radius 1 is 0.523 bits per heavy atom. The lowest BCUT2D eigenvalue weighted by molar-refractivity contribution is 0.670. The van der Waals surface area contributed by atoms with Gasteiger partial charge in [0, 0.05) is 22.0 Å². The lowest BCUT2D eigenvalue weighted by atomic mass is 9.93. The van der Waals surface area contributed by atoms with E-state index in [4.69, 9.17) is 4.42 Å². The Bertz CT molecular complexity index is 2320. The second-order valence-corrected chi connectivity index (χ2v) is 11.4. The van der Waals surface area contributed by atoms with Crippen molar-refractivity contribution in [2.75, 3.05) is 10.2 Å². The van der Waals surface area contributed by atoms with Crippen molar-refractivity contribution in [3.05, 3.63) is 163 Å². The van der Waals surface area contributed by atoms with Crippen LogP contribution in [-0.4, -0.2) is 0 Å². The molecule has 7 aromatic carbocycles. The van der Waals surface area contributed by atoms with E-state index in [9.17, 15) is 0 Å². The van der Waals surface area contributed by atoms with Crippen molar-refractivity contribution in [2.24, 2.45) is 0 Å². The topological polar surface area (TPSA) is 28.4 Å². The zero-order valence-electron chi connectivity index (χ0n) is 23.9. The van der Waals surface area contributed by atoms with E-state index >= 15 is 0 Å². The highest BCUT2D eigenvalue weighted by molar-refractivity contribution is 6.18. The van der Waals surface area contributed by atoms with E-state index in [1.165, 1.54) is 33.2 Å². The first-order chi connectivity index (χ1) is 21.8. The van der Waals surface area contributed by atoms with Gasteiger partial charge in [0.05, 0.1) is 11.4 Å². The molecule has 1 N–H and O–H groups in total. The van der Waals surface area contributed by atoms with Gasteiger partial charge in [-0.15, -0.1) is 0 Å². The van der Waals surface area contributed by atoms with Gasteiger partial charge in [-0.2, -0.15) is 0 Å². The van der Waals surface area contributed by atoms with Crippen molar-refractivity contribution in [2.45, 2.75) is 6.17 Å². The van der Waals surface area contributed by atoms with Crippen LogP contribution in [-0.2, 0) is 0 Å². The fraction of sp³-hybridized carbons (Fsp3) is 0.0244. The van der Waals surface area contributed by atoms with E-state index in [0.717, 1.165) is 44.4 Å². The number of hydrogen-bond donors (Lipinski definition) is 1. The number of anilines is 3. The summed E-state index contributed by atoms with van der Waals surface area (Å²) >= 11 is 0. The van der Waals surface area contributed by atoms with E-state index < -0.39 is 0 Å². The van der Waals surface area contributed by atoms with E-state index in [-0.39, 0.29) is 6.17 Å². The van der Waals surface area contributed by atoms with Crippen LogP contribution in [0.15, 0.2) is 162 Å². The summed E-state index contributed by atoms with van der Waals surface area (Å²) in [4.78, 5) is 2.39. The molecule has 0 bridgehead atoms. The number of nitrogens with one attached hydrogen (secondary N) is 1. The van der Waals surface area contributed by atoms with Gasteiger partial charge in [-0.1, -0.05) is 115 Å². The minimum atomic E-state index is 0.0281. The van der Waals surface area contributed by atoms with Gasteiger partial charge in [0.15, 0.2) is 0 Å². The monoisotopic (exact) mass is 564 g/mol. The lowest BCUT2D eigenvalue weighted by Crippen LogP contribution is -2.23. The zero-order valence-corrected chi connectivity index (χ0v) is 23.9. The molecule has 0 aliphatic carbocycles. The molecule has 208 valence electrons. The summed E-state index contributed by atoms with van der Waals surface area (Å²) in [5, 5.41) is 8.43. The molecule has 0 saturated carbocycles. The van der Waals surface area contributed by atoms with Gasteiger partial charge in [-0.25, -0.2) is 0 Å². The van der Waals surface area contributed by atoms with Gasteiger partial charge in [-0.05, 0) is 75.5 Å². The molecule has 1 atom stereocenters. The number of rotatable bonds is 4. The van der Waals surface area contributed by atoms with Crippen LogP contribution in [0.2, 0.25) is 0 Å². The predicted molar refractivity (Wildman–Crippen MR) is 183 cm³/mol. The number of furan rings is 1. The number of fused-ring (bicyclic) bond motifs is 5. The molecule has 8 aromatic rings. The third-order valence-electron chi connectivity index (χ3n) is 8.85. The fourth-order valence-electron chi connectivity index (χ4n) is 6.79. The predicted octanol–water partition coefficient (Wildman–Crippen LogP) is 11.3. The Kier molecular flexibility index (Phi) is 5.57. The number of hydrogen-bond acceptors (Lipinski definition) is 3. The summed E-state index contributed by atoms with van der Waals surface area (Å²) in [5.74, 6) is 0. The molecule has 0 saturated heterocycles. The molecule has 2 heterocycles. The summed E-state index contributed by atoms with van der Waals surface area (Å²) in [6.45, 7) is 0. The highest BCUT2D eigenvalue weighted by atomic mass is 16.3. The zero-order chi connectivity index (χ0) is 29.0. The molecular weight excluding hydrogens is 536 g/mol. The van der Waals surface area contributed by atoms with Crippen molar-refractivity contribution in [3.63, 3.8) is 0 Å². The maximum atomic E-state index is 6.53. The number of nitrogens with zero attached hydrogens (tertiary/aromatic N) is 1. The number of para-hydroxylation sites is 3. The second kappa shape index (κ2) is 9.89. The fourth-order valence-corrected chi connectivity index (χ4v) is 6.79. The largest absolute Gasteiger partial charge is 0.455 e. The summed E-state index contributed by atoms with van der Waals surface area (Å²) in [7, 11) is 0.